The van der Waals surface area contributed by atoms with Crippen molar-refractivity contribution in [1.82, 2.24) is 4.98 Å². The van der Waals surface area contributed by atoms with E-state index in [1.165, 1.54) is 26.1 Å². The van der Waals surface area contributed by atoms with Gasteiger partial charge in [0.15, 0.2) is 0 Å². The number of pyridine rings is 1. The van der Waals surface area contributed by atoms with Crippen molar-refractivity contribution in [2.75, 3.05) is 0 Å². The average Bonchev–Trinajstić information content (AvgIpc) is 1.64. The summed E-state index contributed by atoms with van der Waals surface area (Å²) in [6.45, 7) is 2.01. The summed E-state index contributed by atoms with van der Waals surface area (Å²) in [5.74, 6) is 0. The van der Waals surface area contributed by atoms with Crippen LogP contribution in [0.15, 0.2) is 18.3 Å². The summed E-state index contributed by atoms with van der Waals surface area (Å²) in [6, 6.07) is 4.13. The Labute approximate surface area is 62.2 Å². The first-order chi connectivity index (χ1) is 3.79. The number of hydrogen-bond donors (Lipinski definition) is 0. The molecule has 3 radical (unpaired) electrons. The molecule has 39 valence electrons. The van der Waals surface area contributed by atoms with Gasteiger partial charge in [0.1, 0.15) is 0 Å². The Morgan fingerprint density at radius 2 is 2.38 bits per heavy atom. The van der Waals surface area contributed by atoms with Gasteiger partial charge in [0.2, 0.25) is 0 Å². The summed E-state index contributed by atoms with van der Waals surface area (Å²) < 4.78 is 1.37. The molecule has 0 aliphatic rings. The quantitative estimate of drug-likeness (QED) is 0.558. The second-order valence-electron chi connectivity index (χ2n) is 1.69. The van der Waals surface area contributed by atoms with Crippen LogP contribution in [0.5, 0.6) is 0 Å². The van der Waals surface area contributed by atoms with Crippen LogP contribution in [0.25, 0.3) is 0 Å². The van der Waals surface area contributed by atoms with E-state index in [4.69, 9.17) is 0 Å². The van der Waals surface area contributed by atoms with Crippen molar-refractivity contribution in [2.24, 2.45) is 0 Å². The van der Waals surface area contributed by atoms with Crippen LogP contribution in [0.3, 0.4) is 0 Å². The molecule has 0 atom stereocenters. The van der Waals surface area contributed by atoms with Crippen LogP contribution in [-0.2, 0) is 0 Å². The zero-order valence-corrected chi connectivity index (χ0v) is 7.53. The van der Waals surface area contributed by atoms with Gasteiger partial charge in [-0.15, -0.1) is 0 Å². The molecule has 1 aromatic rings. The molecule has 0 bridgehead atoms. The fourth-order valence-corrected chi connectivity index (χ4v) is 1.35. The topological polar surface area (TPSA) is 12.9 Å². The van der Waals surface area contributed by atoms with Crippen LogP contribution in [0.4, 0.5) is 0 Å². The number of aryl methyl sites for hydroxylation is 1. The van der Waals surface area contributed by atoms with Gasteiger partial charge in [-0.25, -0.2) is 0 Å². The second kappa shape index (κ2) is 2.48. The van der Waals surface area contributed by atoms with Gasteiger partial charge in [0.05, 0.1) is 0 Å². The monoisotopic (exact) mass is 212 g/mol. The molecule has 0 aromatic carbocycles. The van der Waals surface area contributed by atoms with Gasteiger partial charge in [-0.1, -0.05) is 0 Å². The summed E-state index contributed by atoms with van der Waals surface area (Å²) in [4.78, 5) is 4.05. The van der Waals surface area contributed by atoms with Crippen molar-refractivity contribution in [3.8, 4) is 0 Å². The normalized spacial score (nSPS) is 9.25. The van der Waals surface area contributed by atoms with Crippen molar-refractivity contribution in [1.29, 1.82) is 0 Å². The Hall–Kier alpha value is -0.0513. The minimum atomic E-state index is 1.11. The summed E-state index contributed by atoms with van der Waals surface area (Å²) >= 11 is 1.46. The molecule has 0 aliphatic carbocycles. The van der Waals surface area contributed by atoms with Crippen LogP contribution in [-0.4, -0.2) is 27.5 Å². The van der Waals surface area contributed by atoms with Crippen LogP contribution in [0.2, 0.25) is 0 Å². The molecule has 0 aliphatic heterocycles. The number of hydrogen-bond acceptors (Lipinski definition) is 1. The maximum absolute atomic E-state index is 4.05. The summed E-state index contributed by atoms with van der Waals surface area (Å²) in [6.07, 6.45) is 1.85. The van der Waals surface area contributed by atoms with Crippen LogP contribution in [0, 0.1) is 6.92 Å². The number of nitrogens with zero attached hydrogens (tertiary/aromatic N) is 1. The molecule has 0 saturated heterocycles. The van der Waals surface area contributed by atoms with Crippen molar-refractivity contribution in [3.63, 3.8) is 0 Å². The first kappa shape index (κ1) is 6.07. The molecule has 0 amide bonds. The Bertz CT molecular complexity index is 168. The van der Waals surface area contributed by atoms with E-state index in [9.17, 15) is 0 Å². The molecule has 1 heterocycles. The van der Waals surface area contributed by atoms with Gasteiger partial charge in [-0.2, -0.15) is 0 Å². The van der Waals surface area contributed by atoms with Crippen molar-refractivity contribution < 1.29 is 0 Å². The third kappa shape index (κ3) is 1.47. The zero-order chi connectivity index (χ0) is 5.98. The molecule has 1 aromatic heterocycles. The van der Waals surface area contributed by atoms with E-state index in [-0.39, 0.29) is 0 Å². The maximum atomic E-state index is 4.05. The Morgan fingerprint density at radius 1 is 1.62 bits per heavy atom. The third-order valence-electron chi connectivity index (χ3n) is 0.897. The van der Waals surface area contributed by atoms with E-state index in [2.05, 4.69) is 11.1 Å². The molecule has 0 fully saturated rings. The molecular weight excluding hydrogens is 205 g/mol. The molecule has 8 heavy (non-hydrogen) atoms. The van der Waals surface area contributed by atoms with Crippen molar-refractivity contribution >= 4 is 26.1 Å². The van der Waals surface area contributed by atoms with Crippen LogP contribution in [0.1, 0.15) is 5.69 Å². The summed E-state index contributed by atoms with van der Waals surface area (Å²) in [7, 11) is 0. The van der Waals surface area contributed by atoms with Gasteiger partial charge in [0, 0.05) is 0 Å². The molecule has 0 unspecified atom stereocenters. The second-order valence-corrected chi connectivity index (χ2v) is 3.33. The van der Waals surface area contributed by atoms with Crippen LogP contribution >= 0.6 is 0 Å². The molecular formula is C6H6NSn. The Morgan fingerprint density at radius 3 is 2.75 bits per heavy atom. The fraction of sp³-hybridized carbons (Fsp3) is 0.167. The van der Waals surface area contributed by atoms with E-state index < -0.39 is 0 Å². The third-order valence-corrected chi connectivity index (χ3v) is 1.78. The van der Waals surface area contributed by atoms with E-state index in [0.717, 1.165) is 5.69 Å². The van der Waals surface area contributed by atoms with Gasteiger partial charge in [-0.3, -0.25) is 0 Å². The Kier molecular flexibility index (Phi) is 1.89. The molecule has 0 saturated carbocycles. The predicted molar refractivity (Wildman–Crippen MR) is 34.4 cm³/mol. The van der Waals surface area contributed by atoms with E-state index in [1.807, 2.05) is 19.2 Å². The molecule has 0 spiro atoms. The predicted octanol–water partition coefficient (Wildman–Crippen LogP) is 0.184. The van der Waals surface area contributed by atoms with E-state index in [0.29, 0.717) is 0 Å². The van der Waals surface area contributed by atoms with Gasteiger partial charge < -0.3 is 0 Å². The number of aromatic nitrogens is 1. The fourth-order valence-electron chi connectivity index (χ4n) is 0.546. The number of rotatable bonds is 0. The molecule has 1 nitrogen and oxygen atoms in total. The SMILES string of the molecule is Cc1c[c]([Sn])ccn1. The standard InChI is InChI=1S/C6H6N.Sn/c1-6-4-2-3-5-7-6;/h3-5H,1H3;. The van der Waals surface area contributed by atoms with E-state index >= 15 is 0 Å². The molecule has 1 rings (SSSR count). The average molecular weight is 211 g/mol. The first-order valence-electron chi connectivity index (χ1n) is 2.43. The zero-order valence-electron chi connectivity index (χ0n) is 4.68. The molecule has 0 N–H and O–H groups in total. The van der Waals surface area contributed by atoms with E-state index in [1.54, 1.807) is 0 Å². The summed E-state index contributed by atoms with van der Waals surface area (Å²) in [5, 5.41) is 0. The Balaban J connectivity index is 3.08. The minimum absolute atomic E-state index is 1.11. The van der Waals surface area contributed by atoms with Crippen LogP contribution < -0.4 is 3.58 Å². The van der Waals surface area contributed by atoms with Crippen molar-refractivity contribution in [2.45, 2.75) is 6.92 Å². The van der Waals surface area contributed by atoms with Crippen molar-refractivity contribution in [3.05, 3.63) is 24.0 Å². The molecule has 2 heteroatoms. The van der Waals surface area contributed by atoms with Gasteiger partial charge in [0.25, 0.3) is 0 Å². The first-order valence-corrected chi connectivity index (χ1v) is 3.86. The summed E-state index contributed by atoms with van der Waals surface area (Å²) in [5.41, 5.74) is 1.11. The van der Waals surface area contributed by atoms with Gasteiger partial charge in [-0.05, 0) is 0 Å². The van der Waals surface area contributed by atoms with Gasteiger partial charge >= 0.3 is 62.0 Å².